The number of amides is 2. The molecule has 5 nitrogen and oxygen atoms in total. The number of aromatic nitrogens is 1. The number of hydrogen-bond donors (Lipinski definition) is 0. The second-order valence-corrected chi connectivity index (χ2v) is 9.94. The standard InChI is InChI=1S/C33H27F2N3O2/c1-22-28(21-31(24-9-3-2-4-10-24)38(22)30-15-14-25(34)20-29(30)35)33(40)37-18-16-36(17-19-37)32(39)27-13-7-11-23-8-5-6-12-26(23)27/h2-15,20-21H,16-19H2,1H3. The number of nitrogens with zero attached hydrogens (tertiary/aromatic N) is 3. The van der Waals surface area contributed by atoms with Gasteiger partial charge in [0, 0.05) is 43.5 Å². The van der Waals surface area contributed by atoms with Crippen molar-refractivity contribution in [2.24, 2.45) is 0 Å². The molecule has 0 unspecified atom stereocenters. The van der Waals surface area contributed by atoms with Gasteiger partial charge >= 0.3 is 0 Å². The molecule has 200 valence electrons. The maximum Gasteiger partial charge on any atom is 0.255 e. The minimum absolute atomic E-state index is 0.0515. The van der Waals surface area contributed by atoms with Crippen LogP contribution in [0.1, 0.15) is 26.4 Å². The van der Waals surface area contributed by atoms with E-state index in [4.69, 9.17) is 0 Å². The highest BCUT2D eigenvalue weighted by Crippen LogP contribution is 2.32. The lowest BCUT2D eigenvalue weighted by Crippen LogP contribution is -2.50. The van der Waals surface area contributed by atoms with E-state index < -0.39 is 11.6 Å². The number of piperazine rings is 1. The Bertz CT molecular complexity index is 1730. The third-order valence-corrected chi connectivity index (χ3v) is 7.57. The van der Waals surface area contributed by atoms with Crippen molar-refractivity contribution in [3.05, 3.63) is 126 Å². The van der Waals surface area contributed by atoms with Gasteiger partial charge in [-0.2, -0.15) is 0 Å². The molecule has 0 bridgehead atoms. The van der Waals surface area contributed by atoms with Gasteiger partial charge in [0.1, 0.15) is 11.6 Å². The number of fused-ring (bicyclic) bond motifs is 1. The molecule has 1 saturated heterocycles. The molecule has 7 heteroatoms. The Morgan fingerprint density at radius 3 is 2.00 bits per heavy atom. The van der Waals surface area contributed by atoms with Gasteiger partial charge < -0.3 is 14.4 Å². The number of hydrogen-bond acceptors (Lipinski definition) is 2. The molecule has 0 spiro atoms. The molecule has 0 aliphatic carbocycles. The molecular formula is C33H27F2N3O2. The summed E-state index contributed by atoms with van der Waals surface area (Å²) in [4.78, 5) is 30.7. The van der Waals surface area contributed by atoms with E-state index in [9.17, 15) is 18.4 Å². The van der Waals surface area contributed by atoms with Crippen LogP contribution in [-0.4, -0.2) is 52.4 Å². The Morgan fingerprint density at radius 2 is 1.30 bits per heavy atom. The van der Waals surface area contributed by atoms with Gasteiger partial charge in [0.05, 0.1) is 16.9 Å². The lowest BCUT2D eigenvalue weighted by atomic mass is 10.0. The molecule has 4 aromatic carbocycles. The topological polar surface area (TPSA) is 45.6 Å². The van der Waals surface area contributed by atoms with E-state index in [1.807, 2.05) is 72.8 Å². The quantitative estimate of drug-likeness (QED) is 0.264. The summed E-state index contributed by atoms with van der Waals surface area (Å²) in [7, 11) is 0. The first-order chi connectivity index (χ1) is 19.4. The Kier molecular flexibility index (Phi) is 6.64. The van der Waals surface area contributed by atoms with Gasteiger partial charge in [0.25, 0.3) is 11.8 Å². The molecule has 0 atom stereocenters. The van der Waals surface area contributed by atoms with E-state index in [-0.39, 0.29) is 17.5 Å². The zero-order valence-electron chi connectivity index (χ0n) is 22.0. The predicted molar refractivity (Wildman–Crippen MR) is 152 cm³/mol. The van der Waals surface area contributed by atoms with E-state index in [0.29, 0.717) is 48.7 Å². The van der Waals surface area contributed by atoms with Crippen LogP contribution in [0.3, 0.4) is 0 Å². The Hall–Kier alpha value is -4.78. The summed E-state index contributed by atoms with van der Waals surface area (Å²) in [5.74, 6) is -1.62. The third kappa shape index (κ3) is 4.53. The number of benzene rings is 4. The summed E-state index contributed by atoms with van der Waals surface area (Å²) in [6.07, 6.45) is 0. The normalized spacial score (nSPS) is 13.6. The highest BCUT2D eigenvalue weighted by atomic mass is 19.1. The van der Waals surface area contributed by atoms with Crippen LogP contribution in [-0.2, 0) is 0 Å². The Morgan fingerprint density at radius 1 is 0.675 bits per heavy atom. The molecule has 40 heavy (non-hydrogen) atoms. The molecule has 6 rings (SSSR count). The van der Waals surface area contributed by atoms with Crippen LogP contribution >= 0.6 is 0 Å². The van der Waals surface area contributed by atoms with E-state index in [1.165, 1.54) is 12.1 Å². The van der Waals surface area contributed by atoms with Gasteiger partial charge in [-0.05, 0) is 47.5 Å². The summed E-state index contributed by atoms with van der Waals surface area (Å²) in [5.41, 5.74) is 3.26. The molecule has 1 aliphatic heterocycles. The zero-order chi connectivity index (χ0) is 27.8. The third-order valence-electron chi connectivity index (χ3n) is 7.57. The largest absolute Gasteiger partial charge is 0.335 e. The van der Waals surface area contributed by atoms with Crippen molar-refractivity contribution in [3.8, 4) is 16.9 Å². The highest BCUT2D eigenvalue weighted by molar-refractivity contribution is 6.07. The van der Waals surface area contributed by atoms with Gasteiger partial charge in [-0.25, -0.2) is 8.78 Å². The number of rotatable bonds is 4. The Balaban J connectivity index is 1.27. The molecule has 2 amide bonds. The maximum absolute atomic E-state index is 14.9. The van der Waals surface area contributed by atoms with Crippen molar-refractivity contribution in [2.75, 3.05) is 26.2 Å². The second kappa shape index (κ2) is 10.4. The van der Waals surface area contributed by atoms with Gasteiger partial charge in [-0.1, -0.05) is 66.7 Å². The summed E-state index contributed by atoms with van der Waals surface area (Å²) >= 11 is 0. The molecule has 2 heterocycles. The summed E-state index contributed by atoms with van der Waals surface area (Å²) in [5, 5.41) is 1.92. The molecule has 0 radical (unpaired) electrons. The summed E-state index contributed by atoms with van der Waals surface area (Å²) in [6.45, 7) is 3.34. The molecule has 1 aliphatic rings. The van der Waals surface area contributed by atoms with Crippen molar-refractivity contribution >= 4 is 22.6 Å². The number of carbonyl (C=O) groups is 2. The molecule has 5 aromatic rings. The van der Waals surface area contributed by atoms with E-state index >= 15 is 0 Å². The SMILES string of the molecule is Cc1c(C(=O)N2CCN(C(=O)c3cccc4ccccc34)CC2)cc(-c2ccccc2)n1-c1ccc(F)cc1F. The van der Waals surface area contributed by atoms with Crippen LogP contribution in [0, 0.1) is 18.6 Å². The fourth-order valence-corrected chi connectivity index (χ4v) is 5.48. The van der Waals surface area contributed by atoms with Gasteiger partial charge in [-0.3, -0.25) is 9.59 Å². The van der Waals surface area contributed by atoms with Crippen molar-refractivity contribution in [3.63, 3.8) is 0 Å². The van der Waals surface area contributed by atoms with Gasteiger partial charge in [-0.15, -0.1) is 0 Å². The first kappa shape index (κ1) is 25.5. The molecular weight excluding hydrogens is 508 g/mol. The molecule has 0 saturated carbocycles. The molecule has 1 fully saturated rings. The lowest BCUT2D eigenvalue weighted by Gasteiger charge is -2.35. The zero-order valence-corrected chi connectivity index (χ0v) is 22.0. The summed E-state index contributed by atoms with van der Waals surface area (Å²) < 4.78 is 30.3. The van der Waals surface area contributed by atoms with Crippen LogP contribution < -0.4 is 0 Å². The van der Waals surface area contributed by atoms with Crippen LogP contribution in [0.4, 0.5) is 8.78 Å². The number of carbonyl (C=O) groups excluding carboxylic acids is 2. The minimum Gasteiger partial charge on any atom is -0.335 e. The Labute approximate surface area is 230 Å². The van der Waals surface area contributed by atoms with E-state index in [0.717, 1.165) is 22.4 Å². The molecule has 1 aromatic heterocycles. The highest BCUT2D eigenvalue weighted by Gasteiger charge is 2.29. The average Bonchev–Trinajstić information content (AvgIpc) is 3.33. The first-order valence-electron chi connectivity index (χ1n) is 13.2. The van der Waals surface area contributed by atoms with Crippen molar-refractivity contribution < 1.29 is 18.4 Å². The van der Waals surface area contributed by atoms with E-state index in [2.05, 4.69) is 0 Å². The number of halogens is 2. The van der Waals surface area contributed by atoms with Crippen LogP contribution in [0.15, 0.2) is 97.1 Å². The van der Waals surface area contributed by atoms with Gasteiger partial charge in [0.2, 0.25) is 0 Å². The van der Waals surface area contributed by atoms with Crippen molar-refractivity contribution in [1.82, 2.24) is 14.4 Å². The fourth-order valence-electron chi connectivity index (χ4n) is 5.48. The van der Waals surface area contributed by atoms with Crippen molar-refractivity contribution in [1.29, 1.82) is 0 Å². The van der Waals surface area contributed by atoms with Gasteiger partial charge in [0.15, 0.2) is 0 Å². The average molecular weight is 536 g/mol. The minimum atomic E-state index is -0.713. The maximum atomic E-state index is 14.9. The lowest BCUT2D eigenvalue weighted by molar-refractivity contribution is 0.0536. The fraction of sp³-hybridized carbons (Fsp3) is 0.152. The smallest absolute Gasteiger partial charge is 0.255 e. The van der Waals surface area contributed by atoms with E-state index in [1.54, 1.807) is 27.4 Å². The van der Waals surface area contributed by atoms with Crippen LogP contribution in [0.2, 0.25) is 0 Å². The first-order valence-corrected chi connectivity index (χ1v) is 13.2. The molecule has 0 N–H and O–H groups in total. The van der Waals surface area contributed by atoms with Crippen LogP contribution in [0.25, 0.3) is 27.7 Å². The monoisotopic (exact) mass is 535 g/mol. The van der Waals surface area contributed by atoms with Crippen molar-refractivity contribution in [2.45, 2.75) is 6.92 Å². The predicted octanol–water partition coefficient (Wildman–Crippen LogP) is 6.48. The summed E-state index contributed by atoms with van der Waals surface area (Å²) in [6, 6.07) is 28.1. The van der Waals surface area contributed by atoms with Crippen LogP contribution in [0.5, 0.6) is 0 Å². The second-order valence-electron chi connectivity index (χ2n) is 9.94.